The largest absolute Gasteiger partial charge is 0.389 e. The zero-order valence-electron chi connectivity index (χ0n) is 14.6. The number of thioether (sulfide) groups is 1. The van der Waals surface area contributed by atoms with E-state index in [1.54, 1.807) is 16.7 Å². The Bertz CT molecular complexity index is 593. The lowest BCUT2D eigenvalue weighted by Crippen LogP contribution is -2.40. The minimum Gasteiger partial charge on any atom is -0.389 e. The molecule has 7 nitrogen and oxygen atoms in total. The highest BCUT2D eigenvalue weighted by molar-refractivity contribution is 8.00. The number of amides is 2. The van der Waals surface area contributed by atoms with Crippen LogP contribution < -0.4 is 16.2 Å². The third-order valence-electron chi connectivity index (χ3n) is 4.45. The van der Waals surface area contributed by atoms with Gasteiger partial charge in [-0.15, -0.1) is 11.8 Å². The summed E-state index contributed by atoms with van der Waals surface area (Å²) in [5, 5.41) is 13.2. The Balaban J connectivity index is 1.69. The zero-order valence-corrected chi connectivity index (χ0v) is 15.4. The number of aliphatic hydroxyl groups is 1. The second-order valence-electron chi connectivity index (χ2n) is 6.55. The quantitative estimate of drug-likeness (QED) is 0.644. The molecule has 0 radical (unpaired) electrons. The van der Waals surface area contributed by atoms with E-state index in [-0.39, 0.29) is 19.2 Å². The van der Waals surface area contributed by atoms with Crippen molar-refractivity contribution in [1.29, 1.82) is 0 Å². The standard InChI is InChI=1S/C17H26N4O3S/c1-11-16(12(2)20-19-11)25-15-6-4-3-5-14(15)18-17(23)21-7-8-24-10-13(22)9-21/h3-6,11-13,16,19-20,22H,7-10H2,1-2H3,(H,18,23). The summed E-state index contributed by atoms with van der Waals surface area (Å²) in [4.78, 5) is 15.2. The van der Waals surface area contributed by atoms with Gasteiger partial charge in [0.1, 0.15) is 0 Å². The molecule has 3 unspecified atom stereocenters. The molecule has 2 heterocycles. The van der Waals surface area contributed by atoms with Gasteiger partial charge in [-0.3, -0.25) is 10.9 Å². The average Bonchev–Trinajstić information content (AvgIpc) is 2.79. The summed E-state index contributed by atoms with van der Waals surface area (Å²) in [6, 6.07) is 8.30. The number of urea groups is 1. The molecule has 138 valence electrons. The van der Waals surface area contributed by atoms with Gasteiger partial charge < -0.3 is 20.1 Å². The summed E-state index contributed by atoms with van der Waals surface area (Å²) in [5.41, 5.74) is 7.31. The van der Waals surface area contributed by atoms with Gasteiger partial charge in [-0.05, 0) is 26.0 Å². The highest BCUT2D eigenvalue weighted by Gasteiger charge is 2.31. The molecule has 2 amide bonds. The van der Waals surface area contributed by atoms with E-state index in [0.717, 1.165) is 10.6 Å². The normalized spacial score (nSPS) is 30.1. The van der Waals surface area contributed by atoms with Crippen molar-refractivity contribution in [1.82, 2.24) is 15.8 Å². The van der Waals surface area contributed by atoms with Crippen molar-refractivity contribution >= 4 is 23.5 Å². The van der Waals surface area contributed by atoms with Crippen molar-refractivity contribution in [3.8, 4) is 0 Å². The summed E-state index contributed by atoms with van der Waals surface area (Å²) >= 11 is 1.76. The first-order valence-corrected chi connectivity index (χ1v) is 9.51. The first-order valence-electron chi connectivity index (χ1n) is 8.63. The number of β-amino-alcohol motifs (C(OH)–C–C–N with tert-alkyl or cyclic N) is 1. The lowest BCUT2D eigenvalue weighted by atomic mass is 10.2. The van der Waals surface area contributed by atoms with Gasteiger partial charge >= 0.3 is 6.03 Å². The summed E-state index contributed by atoms with van der Waals surface area (Å²) in [5.74, 6) is 0. The summed E-state index contributed by atoms with van der Waals surface area (Å²) < 4.78 is 5.28. The molecule has 4 N–H and O–H groups in total. The number of hydrogen-bond donors (Lipinski definition) is 4. The van der Waals surface area contributed by atoms with Gasteiger partial charge in [0.15, 0.2) is 0 Å². The number of carbonyl (C=O) groups excluding carboxylic acids is 1. The molecule has 0 saturated carbocycles. The molecule has 0 bridgehead atoms. The molecular weight excluding hydrogens is 340 g/mol. The van der Waals surface area contributed by atoms with E-state index in [0.29, 0.717) is 30.5 Å². The maximum Gasteiger partial charge on any atom is 0.322 e. The van der Waals surface area contributed by atoms with Crippen LogP contribution >= 0.6 is 11.8 Å². The Labute approximate surface area is 152 Å². The molecule has 2 aliphatic rings. The SMILES string of the molecule is CC1NNC(C)C1Sc1ccccc1NC(=O)N1CCOCC(O)C1. The van der Waals surface area contributed by atoms with Crippen molar-refractivity contribution in [3.63, 3.8) is 0 Å². The fourth-order valence-corrected chi connectivity index (χ4v) is 4.30. The Kier molecular flexibility index (Phi) is 6.19. The van der Waals surface area contributed by atoms with Crippen LogP contribution in [0.4, 0.5) is 10.5 Å². The first kappa shape index (κ1) is 18.5. The average molecular weight is 366 g/mol. The molecule has 0 aliphatic carbocycles. The number of hydrogen-bond acceptors (Lipinski definition) is 6. The number of anilines is 1. The minimum atomic E-state index is -0.643. The molecule has 1 aromatic carbocycles. The molecule has 2 fully saturated rings. The number of nitrogens with one attached hydrogen (secondary N) is 3. The van der Waals surface area contributed by atoms with E-state index in [9.17, 15) is 9.90 Å². The summed E-state index contributed by atoms with van der Waals surface area (Å²) in [7, 11) is 0. The van der Waals surface area contributed by atoms with Crippen LogP contribution in [0.5, 0.6) is 0 Å². The predicted octanol–water partition coefficient (Wildman–Crippen LogP) is 1.26. The molecule has 25 heavy (non-hydrogen) atoms. The molecular formula is C17H26N4O3S. The van der Waals surface area contributed by atoms with Gasteiger partial charge in [0.05, 0.1) is 31.5 Å². The van der Waals surface area contributed by atoms with Crippen molar-refractivity contribution in [2.75, 3.05) is 31.6 Å². The van der Waals surface area contributed by atoms with Gasteiger partial charge in [0.2, 0.25) is 0 Å². The minimum absolute atomic E-state index is 0.207. The molecule has 2 saturated heterocycles. The second-order valence-corrected chi connectivity index (χ2v) is 7.77. The van der Waals surface area contributed by atoms with E-state index < -0.39 is 6.10 Å². The number of para-hydroxylation sites is 1. The van der Waals surface area contributed by atoms with Crippen molar-refractivity contribution in [3.05, 3.63) is 24.3 Å². The van der Waals surface area contributed by atoms with Gasteiger partial charge in [0, 0.05) is 28.8 Å². The Morgan fingerprint density at radius 2 is 2.04 bits per heavy atom. The molecule has 3 atom stereocenters. The van der Waals surface area contributed by atoms with Gasteiger partial charge in [0.25, 0.3) is 0 Å². The molecule has 0 spiro atoms. The van der Waals surface area contributed by atoms with Crippen LogP contribution in [0, 0.1) is 0 Å². The molecule has 2 aliphatic heterocycles. The summed E-state index contributed by atoms with van der Waals surface area (Å²) in [6.45, 7) is 5.76. The fraction of sp³-hybridized carbons (Fsp3) is 0.588. The molecule has 1 aromatic rings. The highest BCUT2D eigenvalue weighted by atomic mass is 32.2. The van der Waals surface area contributed by atoms with E-state index in [4.69, 9.17) is 4.74 Å². The smallest absolute Gasteiger partial charge is 0.322 e. The van der Waals surface area contributed by atoms with E-state index in [2.05, 4.69) is 30.0 Å². The van der Waals surface area contributed by atoms with Crippen LogP contribution in [-0.2, 0) is 4.74 Å². The fourth-order valence-electron chi connectivity index (χ4n) is 3.05. The third kappa shape index (κ3) is 4.65. The lowest BCUT2D eigenvalue weighted by Gasteiger charge is -2.23. The van der Waals surface area contributed by atoms with E-state index in [1.165, 1.54) is 0 Å². The Hall–Kier alpha value is -1.32. The maximum absolute atomic E-state index is 12.6. The van der Waals surface area contributed by atoms with Crippen molar-refractivity contribution in [2.45, 2.75) is 42.2 Å². The predicted molar refractivity (Wildman–Crippen MR) is 98.7 cm³/mol. The number of carbonyl (C=O) groups is 1. The van der Waals surface area contributed by atoms with Crippen LogP contribution in [0.1, 0.15) is 13.8 Å². The monoisotopic (exact) mass is 366 g/mol. The number of nitrogens with zero attached hydrogens (tertiary/aromatic N) is 1. The van der Waals surface area contributed by atoms with Crippen LogP contribution in [-0.4, -0.2) is 65.8 Å². The Morgan fingerprint density at radius 1 is 1.32 bits per heavy atom. The van der Waals surface area contributed by atoms with E-state index in [1.807, 2.05) is 24.3 Å². The van der Waals surface area contributed by atoms with Crippen LogP contribution in [0.3, 0.4) is 0 Å². The van der Waals surface area contributed by atoms with Crippen LogP contribution in [0.15, 0.2) is 29.2 Å². The molecule has 3 rings (SSSR count). The number of hydrazine groups is 1. The lowest BCUT2D eigenvalue weighted by molar-refractivity contribution is 0.0575. The van der Waals surface area contributed by atoms with Crippen molar-refractivity contribution in [2.24, 2.45) is 0 Å². The van der Waals surface area contributed by atoms with Gasteiger partial charge in [-0.25, -0.2) is 4.79 Å². The van der Waals surface area contributed by atoms with Crippen LogP contribution in [0.25, 0.3) is 0 Å². The molecule has 8 heteroatoms. The number of benzene rings is 1. The zero-order chi connectivity index (χ0) is 17.8. The first-order chi connectivity index (χ1) is 12.0. The van der Waals surface area contributed by atoms with Crippen molar-refractivity contribution < 1.29 is 14.6 Å². The highest BCUT2D eigenvalue weighted by Crippen LogP contribution is 2.34. The van der Waals surface area contributed by atoms with Gasteiger partial charge in [-0.1, -0.05) is 12.1 Å². The van der Waals surface area contributed by atoms with Crippen LogP contribution in [0.2, 0.25) is 0 Å². The topological polar surface area (TPSA) is 85.9 Å². The van der Waals surface area contributed by atoms with Gasteiger partial charge in [-0.2, -0.15) is 0 Å². The number of rotatable bonds is 3. The van der Waals surface area contributed by atoms with E-state index >= 15 is 0 Å². The third-order valence-corrected chi connectivity index (χ3v) is 6.15. The Morgan fingerprint density at radius 3 is 2.80 bits per heavy atom. The summed E-state index contributed by atoms with van der Waals surface area (Å²) in [6.07, 6.45) is -0.643. The second kappa shape index (κ2) is 8.37. The number of aliphatic hydroxyl groups excluding tert-OH is 1. The maximum atomic E-state index is 12.6. The molecule has 0 aromatic heterocycles. The number of ether oxygens (including phenoxy) is 1.